The van der Waals surface area contributed by atoms with Crippen molar-refractivity contribution < 1.29 is 4.79 Å². The second kappa shape index (κ2) is 2.94. The van der Waals surface area contributed by atoms with Gasteiger partial charge in [0.2, 0.25) is 5.91 Å². The van der Waals surface area contributed by atoms with Crippen molar-refractivity contribution in [2.45, 2.75) is 31.0 Å². The van der Waals surface area contributed by atoms with E-state index in [-0.39, 0.29) is 6.04 Å². The standard InChI is InChI=1S/C10H17N3O/c1-12-3-2-9(10(12)14)13-6-7-4-8(13)5-11-7/h7-9,11H,2-6H2,1H3. The molecule has 1 N–H and O–H groups in total. The Morgan fingerprint density at radius 1 is 1.50 bits per heavy atom. The number of carbonyl (C=O) groups excluding carboxylic acids is 1. The van der Waals surface area contributed by atoms with Crippen LogP contribution in [0.4, 0.5) is 0 Å². The van der Waals surface area contributed by atoms with Crippen LogP contribution in [0, 0.1) is 0 Å². The lowest BCUT2D eigenvalue weighted by Crippen LogP contribution is -2.51. The van der Waals surface area contributed by atoms with E-state index in [0.29, 0.717) is 18.0 Å². The molecule has 0 spiro atoms. The van der Waals surface area contributed by atoms with E-state index >= 15 is 0 Å². The van der Waals surface area contributed by atoms with Crippen LogP contribution in [0.15, 0.2) is 0 Å². The highest BCUT2D eigenvalue weighted by Crippen LogP contribution is 2.29. The van der Waals surface area contributed by atoms with Crippen LogP contribution in [0.3, 0.4) is 0 Å². The summed E-state index contributed by atoms with van der Waals surface area (Å²) < 4.78 is 0. The highest BCUT2D eigenvalue weighted by molar-refractivity contribution is 5.83. The topological polar surface area (TPSA) is 35.6 Å². The second-order valence-electron chi connectivity index (χ2n) is 4.76. The molecule has 0 aromatic carbocycles. The van der Waals surface area contributed by atoms with E-state index in [9.17, 15) is 4.79 Å². The number of nitrogens with one attached hydrogen (secondary N) is 1. The molecule has 3 aliphatic heterocycles. The van der Waals surface area contributed by atoms with Gasteiger partial charge in [0.1, 0.15) is 0 Å². The summed E-state index contributed by atoms with van der Waals surface area (Å²) in [5, 5.41) is 3.47. The first kappa shape index (κ1) is 8.68. The highest BCUT2D eigenvalue weighted by Gasteiger charge is 2.45. The quantitative estimate of drug-likeness (QED) is 0.599. The van der Waals surface area contributed by atoms with Crippen molar-refractivity contribution in [3.63, 3.8) is 0 Å². The van der Waals surface area contributed by atoms with Gasteiger partial charge in [-0.2, -0.15) is 0 Å². The zero-order chi connectivity index (χ0) is 9.71. The molecule has 3 rings (SSSR count). The molecule has 0 aromatic heterocycles. The van der Waals surface area contributed by atoms with Gasteiger partial charge in [-0.25, -0.2) is 0 Å². The normalized spacial score (nSPS) is 42.8. The van der Waals surface area contributed by atoms with Gasteiger partial charge < -0.3 is 10.2 Å². The van der Waals surface area contributed by atoms with Gasteiger partial charge >= 0.3 is 0 Å². The molecular formula is C10H17N3O. The molecule has 3 heterocycles. The zero-order valence-electron chi connectivity index (χ0n) is 8.57. The summed E-state index contributed by atoms with van der Waals surface area (Å²) in [4.78, 5) is 16.1. The first-order chi connectivity index (χ1) is 6.75. The molecule has 0 radical (unpaired) electrons. The Kier molecular flexibility index (Phi) is 1.82. The van der Waals surface area contributed by atoms with E-state index in [0.717, 1.165) is 26.1 Å². The average molecular weight is 195 g/mol. The van der Waals surface area contributed by atoms with Crippen molar-refractivity contribution in [3.8, 4) is 0 Å². The minimum Gasteiger partial charge on any atom is -0.344 e. The predicted octanol–water partition coefficient (Wildman–Crippen LogP) is -0.737. The Labute approximate surface area is 84.2 Å². The van der Waals surface area contributed by atoms with Crippen molar-refractivity contribution in [1.29, 1.82) is 0 Å². The maximum atomic E-state index is 11.8. The molecule has 2 bridgehead atoms. The van der Waals surface area contributed by atoms with Crippen LogP contribution < -0.4 is 5.32 Å². The second-order valence-corrected chi connectivity index (χ2v) is 4.76. The van der Waals surface area contributed by atoms with Gasteiger partial charge in [-0.15, -0.1) is 0 Å². The van der Waals surface area contributed by atoms with Crippen LogP contribution in [0.5, 0.6) is 0 Å². The molecule has 4 heteroatoms. The van der Waals surface area contributed by atoms with E-state index in [4.69, 9.17) is 0 Å². The maximum absolute atomic E-state index is 11.8. The monoisotopic (exact) mass is 195 g/mol. The summed E-state index contributed by atoms with van der Waals surface area (Å²) in [5.74, 6) is 0.331. The molecule has 3 aliphatic rings. The third-order valence-electron chi connectivity index (χ3n) is 3.90. The Morgan fingerprint density at radius 2 is 2.36 bits per heavy atom. The van der Waals surface area contributed by atoms with E-state index in [1.54, 1.807) is 0 Å². The van der Waals surface area contributed by atoms with Crippen molar-refractivity contribution in [2.75, 3.05) is 26.7 Å². The van der Waals surface area contributed by atoms with Crippen LogP contribution in [0.2, 0.25) is 0 Å². The van der Waals surface area contributed by atoms with Crippen molar-refractivity contribution >= 4 is 5.91 Å². The third-order valence-corrected chi connectivity index (χ3v) is 3.90. The van der Waals surface area contributed by atoms with Crippen LogP contribution in [-0.2, 0) is 4.79 Å². The number of nitrogens with zero attached hydrogens (tertiary/aromatic N) is 2. The minimum absolute atomic E-state index is 0.192. The molecular weight excluding hydrogens is 178 g/mol. The number of fused-ring (bicyclic) bond motifs is 2. The summed E-state index contributed by atoms with van der Waals surface area (Å²) >= 11 is 0. The fourth-order valence-corrected chi connectivity index (χ4v) is 3.09. The molecule has 3 atom stereocenters. The number of likely N-dealkylation sites (tertiary alicyclic amines) is 2. The molecule has 0 aliphatic carbocycles. The van der Waals surface area contributed by atoms with Gasteiger partial charge in [-0.1, -0.05) is 0 Å². The SMILES string of the molecule is CN1CCC(N2CC3CC2CN3)C1=O. The summed E-state index contributed by atoms with van der Waals surface area (Å²) in [5.41, 5.74) is 0. The number of piperazine rings is 1. The smallest absolute Gasteiger partial charge is 0.239 e. The lowest BCUT2D eigenvalue weighted by atomic mass is 10.2. The van der Waals surface area contributed by atoms with Gasteiger partial charge in [-0.05, 0) is 12.8 Å². The van der Waals surface area contributed by atoms with Crippen LogP contribution in [0.1, 0.15) is 12.8 Å². The maximum Gasteiger partial charge on any atom is 0.239 e. The lowest BCUT2D eigenvalue weighted by Gasteiger charge is -2.31. The van der Waals surface area contributed by atoms with E-state index < -0.39 is 0 Å². The van der Waals surface area contributed by atoms with E-state index in [1.165, 1.54) is 6.42 Å². The molecule has 0 saturated carbocycles. The largest absolute Gasteiger partial charge is 0.344 e. The molecule has 4 nitrogen and oxygen atoms in total. The summed E-state index contributed by atoms with van der Waals surface area (Å²) in [7, 11) is 1.91. The fraction of sp³-hybridized carbons (Fsp3) is 0.900. The molecule has 3 fully saturated rings. The first-order valence-corrected chi connectivity index (χ1v) is 5.50. The number of rotatable bonds is 1. The van der Waals surface area contributed by atoms with E-state index in [2.05, 4.69) is 10.2 Å². The number of hydrogen-bond acceptors (Lipinski definition) is 3. The van der Waals surface area contributed by atoms with Crippen LogP contribution in [-0.4, -0.2) is 60.5 Å². The Morgan fingerprint density at radius 3 is 2.86 bits per heavy atom. The zero-order valence-corrected chi connectivity index (χ0v) is 8.57. The van der Waals surface area contributed by atoms with Gasteiger partial charge in [-0.3, -0.25) is 9.69 Å². The van der Waals surface area contributed by atoms with Gasteiger partial charge in [0.05, 0.1) is 6.04 Å². The first-order valence-electron chi connectivity index (χ1n) is 5.50. The number of carbonyl (C=O) groups is 1. The molecule has 0 aromatic rings. The van der Waals surface area contributed by atoms with Gasteiger partial charge in [0.25, 0.3) is 0 Å². The van der Waals surface area contributed by atoms with E-state index in [1.807, 2.05) is 11.9 Å². The fourth-order valence-electron chi connectivity index (χ4n) is 3.09. The van der Waals surface area contributed by atoms with Crippen LogP contribution >= 0.6 is 0 Å². The van der Waals surface area contributed by atoms with Crippen LogP contribution in [0.25, 0.3) is 0 Å². The third kappa shape index (κ3) is 1.10. The van der Waals surface area contributed by atoms with Crippen molar-refractivity contribution in [3.05, 3.63) is 0 Å². The van der Waals surface area contributed by atoms with Gasteiger partial charge in [0, 0.05) is 38.8 Å². The minimum atomic E-state index is 0.192. The van der Waals surface area contributed by atoms with Crippen molar-refractivity contribution in [1.82, 2.24) is 15.1 Å². The highest BCUT2D eigenvalue weighted by atomic mass is 16.2. The average Bonchev–Trinajstić information content (AvgIpc) is 2.84. The molecule has 3 saturated heterocycles. The Hall–Kier alpha value is -0.610. The number of amides is 1. The van der Waals surface area contributed by atoms with Crippen molar-refractivity contribution in [2.24, 2.45) is 0 Å². The Balaban J connectivity index is 1.75. The predicted molar refractivity (Wildman–Crippen MR) is 52.9 cm³/mol. The molecule has 1 amide bonds. The summed E-state index contributed by atoms with van der Waals surface area (Å²) in [6.07, 6.45) is 2.27. The number of hydrogen-bond donors (Lipinski definition) is 1. The Bertz CT molecular complexity index is 268. The van der Waals surface area contributed by atoms with Gasteiger partial charge in [0.15, 0.2) is 0 Å². The molecule has 14 heavy (non-hydrogen) atoms. The summed E-state index contributed by atoms with van der Waals surface area (Å²) in [6, 6.07) is 1.47. The number of likely N-dealkylation sites (N-methyl/N-ethyl adjacent to an activating group) is 1. The molecule has 78 valence electrons. The lowest BCUT2D eigenvalue weighted by molar-refractivity contribution is -0.131. The summed E-state index contributed by atoms with van der Waals surface area (Å²) in [6.45, 7) is 3.10. The molecule has 3 unspecified atom stereocenters.